The van der Waals surface area contributed by atoms with Crippen LogP contribution < -0.4 is 10.1 Å². The Morgan fingerprint density at radius 2 is 2.29 bits per heavy atom. The topological polar surface area (TPSA) is 38.3 Å². The first kappa shape index (κ1) is 9.06. The van der Waals surface area contributed by atoms with E-state index in [9.17, 15) is 4.79 Å². The van der Waals surface area contributed by atoms with Crippen molar-refractivity contribution in [2.75, 3.05) is 6.61 Å². The molecule has 14 heavy (non-hydrogen) atoms. The second kappa shape index (κ2) is 3.70. The smallest absolute Gasteiger partial charge is 0.217 e. The molecule has 0 spiro atoms. The van der Waals surface area contributed by atoms with E-state index in [0.29, 0.717) is 6.61 Å². The number of hydrogen-bond donors (Lipinski definition) is 1. The third kappa shape index (κ3) is 1.71. The van der Waals surface area contributed by atoms with Crippen LogP contribution in [0.4, 0.5) is 0 Å². The first-order valence-corrected chi connectivity index (χ1v) is 4.76. The molecule has 1 aliphatic rings. The zero-order chi connectivity index (χ0) is 9.97. The maximum atomic E-state index is 11.0. The van der Waals surface area contributed by atoms with Gasteiger partial charge in [-0.3, -0.25) is 4.79 Å². The van der Waals surface area contributed by atoms with Gasteiger partial charge in [0.2, 0.25) is 5.91 Å². The Morgan fingerprint density at radius 1 is 1.50 bits per heavy atom. The normalized spacial score (nSPS) is 19.4. The molecule has 74 valence electrons. The molecule has 1 amide bonds. The highest BCUT2D eigenvalue weighted by molar-refractivity contribution is 5.73. The lowest BCUT2D eigenvalue weighted by Gasteiger charge is -2.26. The number of ether oxygens (including phenoxy) is 1. The Balaban J connectivity index is 2.26. The van der Waals surface area contributed by atoms with Gasteiger partial charge in [0.15, 0.2) is 0 Å². The Labute approximate surface area is 83.1 Å². The van der Waals surface area contributed by atoms with Crippen LogP contribution in [-0.4, -0.2) is 12.5 Å². The van der Waals surface area contributed by atoms with Crippen molar-refractivity contribution in [1.82, 2.24) is 5.32 Å². The Morgan fingerprint density at radius 3 is 3.07 bits per heavy atom. The molecule has 0 aliphatic carbocycles. The zero-order valence-electron chi connectivity index (χ0n) is 8.12. The molecular formula is C11H13NO2. The lowest BCUT2D eigenvalue weighted by molar-refractivity contribution is -0.119. The fraction of sp³-hybridized carbons (Fsp3) is 0.364. The Kier molecular flexibility index (Phi) is 2.39. The summed E-state index contributed by atoms with van der Waals surface area (Å²) in [5.41, 5.74) is 1.08. The van der Waals surface area contributed by atoms with Crippen molar-refractivity contribution < 1.29 is 9.53 Å². The van der Waals surface area contributed by atoms with Gasteiger partial charge in [0.1, 0.15) is 5.75 Å². The molecule has 0 radical (unpaired) electrons. The summed E-state index contributed by atoms with van der Waals surface area (Å²) in [6, 6.07) is 7.94. The molecule has 1 N–H and O–H groups in total. The van der Waals surface area contributed by atoms with Gasteiger partial charge < -0.3 is 10.1 Å². The molecule has 3 nitrogen and oxygen atoms in total. The molecule has 2 rings (SSSR count). The summed E-state index contributed by atoms with van der Waals surface area (Å²) in [5.74, 6) is 0.893. The second-order valence-corrected chi connectivity index (χ2v) is 3.43. The molecule has 1 atom stereocenters. The molecule has 0 bridgehead atoms. The molecule has 1 heterocycles. The van der Waals surface area contributed by atoms with Crippen LogP contribution >= 0.6 is 0 Å². The predicted molar refractivity (Wildman–Crippen MR) is 53.1 cm³/mol. The minimum absolute atomic E-state index is 0.00621. The number of nitrogens with one attached hydrogen (secondary N) is 1. The Bertz CT molecular complexity index is 349. The highest BCUT2D eigenvalue weighted by Gasteiger charge is 2.20. The van der Waals surface area contributed by atoms with Crippen LogP contribution in [-0.2, 0) is 4.79 Å². The van der Waals surface area contributed by atoms with Gasteiger partial charge in [0.25, 0.3) is 0 Å². The number of para-hydroxylation sites is 1. The van der Waals surface area contributed by atoms with Crippen molar-refractivity contribution in [2.24, 2.45) is 0 Å². The van der Waals surface area contributed by atoms with Gasteiger partial charge >= 0.3 is 0 Å². The number of fused-ring (bicyclic) bond motifs is 1. The molecule has 1 aromatic rings. The van der Waals surface area contributed by atoms with E-state index in [2.05, 4.69) is 5.32 Å². The molecule has 0 saturated heterocycles. The first-order valence-electron chi connectivity index (χ1n) is 4.76. The predicted octanol–water partition coefficient (Wildman–Crippen LogP) is 1.65. The molecule has 0 saturated carbocycles. The molecule has 0 unspecified atom stereocenters. The minimum Gasteiger partial charge on any atom is -0.493 e. The van der Waals surface area contributed by atoms with Crippen LogP contribution in [0.3, 0.4) is 0 Å². The summed E-state index contributed by atoms with van der Waals surface area (Å²) in [6.07, 6.45) is 0.844. The van der Waals surface area contributed by atoms with Crippen molar-refractivity contribution in [3.63, 3.8) is 0 Å². The van der Waals surface area contributed by atoms with Gasteiger partial charge in [-0.1, -0.05) is 18.2 Å². The van der Waals surface area contributed by atoms with E-state index >= 15 is 0 Å². The lowest BCUT2D eigenvalue weighted by Crippen LogP contribution is -2.30. The van der Waals surface area contributed by atoms with E-state index < -0.39 is 0 Å². The molecule has 1 aromatic carbocycles. The summed E-state index contributed by atoms with van der Waals surface area (Å²) >= 11 is 0. The van der Waals surface area contributed by atoms with Crippen molar-refractivity contribution in [1.29, 1.82) is 0 Å². The number of amides is 1. The van der Waals surface area contributed by atoms with Crippen molar-refractivity contribution in [2.45, 2.75) is 19.4 Å². The summed E-state index contributed by atoms with van der Waals surface area (Å²) in [6.45, 7) is 2.21. The highest BCUT2D eigenvalue weighted by atomic mass is 16.5. The fourth-order valence-corrected chi connectivity index (χ4v) is 1.74. The van der Waals surface area contributed by atoms with Gasteiger partial charge in [-0.2, -0.15) is 0 Å². The second-order valence-electron chi connectivity index (χ2n) is 3.43. The van der Waals surface area contributed by atoms with E-state index in [1.165, 1.54) is 6.92 Å². The molecule has 3 heteroatoms. The number of rotatable bonds is 1. The quantitative estimate of drug-likeness (QED) is 0.733. The lowest BCUT2D eigenvalue weighted by atomic mass is 10.0. The van der Waals surface area contributed by atoms with Crippen LogP contribution in [0.2, 0.25) is 0 Å². The SMILES string of the molecule is CC(=O)N[C@@H]1CCOc2ccccc21. The average molecular weight is 191 g/mol. The summed E-state index contributed by atoms with van der Waals surface area (Å²) in [5, 5.41) is 2.92. The number of carbonyl (C=O) groups is 1. The van der Waals surface area contributed by atoms with E-state index in [1.54, 1.807) is 0 Å². The molecule has 0 fully saturated rings. The number of carbonyl (C=O) groups excluding carboxylic acids is 1. The fourth-order valence-electron chi connectivity index (χ4n) is 1.74. The van der Waals surface area contributed by atoms with Gasteiger partial charge in [-0.25, -0.2) is 0 Å². The van der Waals surface area contributed by atoms with Crippen LogP contribution in [0, 0.1) is 0 Å². The van der Waals surface area contributed by atoms with E-state index in [-0.39, 0.29) is 11.9 Å². The van der Waals surface area contributed by atoms with Gasteiger partial charge in [0, 0.05) is 18.9 Å². The van der Waals surface area contributed by atoms with Gasteiger partial charge in [-0.15, -0.1) is 0 Å². The zero-order valence-corrected chi connectivity index (χ0v) is 8.12. The van der Waals surface area contributed by atoms with E-state index in [4.69, 9.17) is 4.74 Å². The van der Waals surface area contributed by atoms with Crippen molar-refractivity contribution >= 4 is 5.91 Å². The minimum atomic E-state index is 0.00621. The van der Waals surface area contributed by atoms with Crippen molar-refractivity contribution in [3.8, 4) is 5.75 Å². The maximum absolute atomic E-state index is 11.0. The summed E-state index contributed by atoms with van der Waals surface area (Å²) in [4.78, 5) is 11.0. The average Bonchev–Trinajstić information content (AvgIpc) is 2.18. The highest BCUT2D eigenvalue weighted by Crippen LogP contribution is 2.31. The van der Waals surface area contributed by atoms with E-state index in [1.807, 2.05) is 24.3 Å². The van der Waals surface area contributed by atoms with Crippen LogP contribution in [0.1, 0.15) is 24.9 Å². The van der Waals surface area contributed by atoms with Crippen LogP contribution in [0.5, 0.6) is 5.75 Å². The molecule has 1 aliphatic heterocycles. The summed E-state index contributed by atoms with van der Waals surface area (Å²) in [7, 11) is 0. The van der Waals surface area contributed by atoms with Gasteiger partial charge in [0.05, 0.1) is 12.6 Å². The summed E-state index contributed by atoms with van der Waals surface area (Å²) < 4.78 is 5.48. The van der Waals surface area contributed by atoms with E-state index in [0.717, 1.165) is 17.7 Å². The molecule has 0 aromatic heterocycles. The Hall–Kier alpha value is -1.51. The number of hydrogen-bond acceptors (Lipinski definition) is 2. The van der Waals surface area contributed by atoms with Crippen LogP contribution in [0.15, 0.2) is 24.3 Å². The largest absolute Gasteiger partial charge is 0.493 e. The van der Waals surface area contributed by atoms with Gasteiger partial charge in [-0.05, 0) is 6.07 Å². The monoisotopic (exact) mass is 191 g/mol. The standard InChI is InChI=1S/C11H13NO2/c1-8(13)12-10-6-7-14-11-5-3-2-4-9(10)11/h2-5,10H,6-7H2,1H3,(H,12,13)/t10-/m1/s1. The maximum Gasteiger partial charge on any atom is 0.217 e. The third-order valence-corrected chi connectivity index (χ3v) is 2.34. The number of benzene rings is 1. The first-order chi connectivity index (χ1) is 6.77. The third-order valence-electron chi connectivity index (χ3n) is 2.34. The molecular weight excluding hydrogens is 178 g/mol. The van der Waals surface area contributed by atoms with Crippen molar-refractivity contribution in [3.05, 3.63) is 29.8 Å². The van der Waals surface area contributed by atoms with Crippen LogP contribution in [0.25, 0.3) is 0 Å².